The molecule has 1 aliphatic heterocycles. The molecule has 2 aromatic rings. The van der Waals surface area contributed by atoms with Crippen molar-refractivity contribution in [1.29, 1.82) is 0 Å². The molecule has 0 bridgehead atoms. The number of carbonyl (C=O) groups is 1. The van der Waals surface area contributed by atoms with Crippen LogP contribution in [0.2, 0.25) is 0 Å². The van der Waals surface area contributed by atoms with E-state index in [0.29, 0.717) is 34.4 Å². The number of piperidine rings is 1. The van der Waals surface area contributed by atoms with Crippen LogP contribution in [-0.4, -0.2) is 84.6 Å². The molecule has 0 aliphatic carbocycles. The minimum atomic E-state index is -3.76. The zero-order valence-corrected chi connectivity index (χ0v) is 23.8. The lowest BCUT2D eigenvalue weighted by molar-refractivity contribution is -0.116. The topological polar surface area (TPSA) is 91.4 Å². The number of methoxy groups -OCH3 is 2. The summed E-state index contributed by atoms with van der Waals surface area (Å²) >= 11 is 0. The Hall–Kier alpha value is -2.82. The predicted molar refractivity (Wildman–Crippen MR) is 147 cm³/mol. The summed E-state index contributed by atoms with van der Waals surface area (Å²) in [5, 5.41) is 2.87. The van der Waals surface area contributed by atoms with Crippen molar-refractivity contribution < 1.29 is 22.7 Å². The number of anilines is 2. The fourth-order valence-electron chi connectivity index (χ4n) is 4.83. The van der Waals surface area contributed by atoms with Crippen molar-refractivity contribution in [3.8, 4) is 11.5 Å². The third-order valence-electron chi connectivity index (χ3n) is 6.99. The van der Waals surface area contributed by atoms with Gasteiger partial charge in [-0.15, -0.1) is 0 Å². The van der Waals surface area contributed by atoms with Crippen LogP contribution in [0.4, 0.5) is 11.4 Å². The molecule has 3 rings (SSSR count). The molecular weight excluding hydrogens is 492 g/mol. The van der Waals surface area contributed by atoms with Gasteiger partial charge in [-0.2, -0.15) is 0 Å². The van der Waals surface area contributed by atoms with Gasteiger partial charge in [0.2, 0.25) is 15.9 Å². The second-order valence-electron chi connectivity index (χ2n) is 9.78. The second kappa shape index (κ2) is 12.1. The SMILES string of the molecule is COc1cc(C)c(S(=O)(=O)N(C)CCC(=O)Nc2ccc(N3CCC(N(C)C)CC3)c(OC)c2)c(C)c1. The Labute approximate surface area is 221 Å². The number of ether oxygens (including phenoxy) is 2. The fraction of sp³-hybridized carbons (Fsp3) is 0.519. The molecule has 1 fully saturated rings. The summed E-state index contributed by atoms with van der Waals surface area (Å²) in [5.41, 5.74) is 2.83. The summed E-state index contributed by atoms with van der Waals surface area (Å²) in [6.45, 7) is 5.42. The van der Waals surface area contributed by atoms with E-state index < -0.39 is 10.0 Å². The molecule has 37 heavy (non-hydrogen) atoms. The summed E-state index contributed by atoms with van der Waals surface area (Å²) in [7, 11) is 5.13. The molecule has 1 heterocycles. The van der Waals surface area contributed by atoms with Gasteiger partial charge in [-0.3, -0.25) is 4.79 Å². The van der Waals surface area contributed by atoms with Gasteiger partial charge in [-0.25, -0.2) is 12.7 Å². The third kappa shape index (κ3) is 6.74. The zero-order valence-electron chi connectivity index (χ0n) is 23.0. The maximum atomic E-state index is 13.2. The van der Waals surface area contributed by atoms with E-state index in [2.05, 4.69) is 29.2 Å². The van der Waals surface area contributed by atoms with Gasteiger partial charge >= 0.3 is 0 Å². The molecule has 2 aromatic carbocycles. The zero-order chi connectivity index (χ0) is 27.3. The molecule has 10 heteroatoms. The number of rotatable bonds is 10. The lowest BCUT2D eigenvalue weighted by atomic mass is 10.0. The monoisotopic (exact) mass is 532 g/mol. The number of hydrogen-bond acceptors (Lipinski definition) is 7. The molecular formula is C27H40N4O5S. The molecule has 0 aromatic heterocycles. The number of aryl methyl sites for hydroxylation is 2. The van der Waals surface area contributed by atoms with Crippen LogP contribution < -0.4 is 19.7 Å². The van der Waals surface area contributed by atoms with Crippen molar-refractivity contribution >= 4 is 27.3 Å². The van der Waals surface area contributed by atoms with E-state index in [0.717, 1.165) is 31.6 Å². The van der Waals surface area contributed by atoms with Crippen LogP contribution in [0.5, 0.6) is 11.5 Å². The first-order chi connectivity index (χ1) is 17.5. The van der Waals surface area contributed by atoms with Crippen LogP contribution in [0.25, 0.3) is 0 Å². The first-order valence-electron chi connectivity index (χ1n) is 12.5. The van der Waals surface area contributed by atoms with E-state index in [1.165, 1.54) is 11.4 Å². The van der Waals surface area contributed by atoms with Crippen LogP contribution in [0.1, 0.15) is 30.4 Å². The Morgan fingerprint density at radius 1 is 1.03 bits per heavy atom. The van der Waals surface area contributed by atoms with Gasteiger partial charge in [0.25, 0.3) is 0 Å². The van der Waals surface area contributed by atoms with Crippen LogP contribution in [0.15, 0.2) is 35.2 Å². The van der Waals surface area contributed by atoms with Gasteiger partial charge in [0.1, 0.15) is 11.5 Å². The molecule has 1 saturated heterocycles. The van der Waals surface area contributed by atoms with Gasteiger partial charge in [0.05, 0.1) is 24.8 Å². The van der Waals surface area contributed by atoms with Gasteiger partial charge < -0.3 is 24.6 Å². The number of nitrogens with zero attached hydrogens (tertiary/aromatic N) is 3. The van der Waals surface area contributed by atoms with E-state index in [9.17, 15) is 13.2 Å². The van der Waals surface area contributed by atoms with Crippen molar-refractivity contribution in [3.05, 3.63) is 41.5 Å². The minimum Gasteiger partial charge on any atom is -0.497 e. The minimum absolute atomic E-state index is 0.0199. The Kier molecular flexibility index (Phi) is 9.44. The summed E-state index contributed by atoms with van der Waals surface area (Å²) in [4.78, 5) is 17.5. The maximum Gasteiger partial charge on any atom is 0.243 e. The quantitative estimate of drug-likeness (QED) is 0.501. The molecule has 0 radical (unpaired) electrons. The van der Waals surface area contributed by atoms with E-state index in [-0.39, 0.29) is 23.8 Å². The van der Waals surface area contributed by atoms with Gasteiger partial charge in [-0.05, 0) is 76.2 Å². The normalized spacial score (nSPS) is 14.8. The largest absolute Gasteiger partial charge is 0.497 e. The van der Waals surface area contributed by atoms with Crippen LogP contribution >= 0.6 is 0 Å². The van der Waals surface area contributed by atoms with Crippen molar-refractivity contribution in [2.45, 2.75) is 44.0 Å². The molecule has 204 valence electrons. The van der Waals surface area contributed by atoms with Crippen molar-refractivity contribution in [3.63, 3.8) is 0 Å². The lowest BCUT2D eigenvalue weighted by Gasteiger charge is -2.37. The highest BCUT2D eigenvalue weighted by atomic mass is 32.2. The molecule has 1 N–H and O–H groups in total. The fourth-order valence-corrected chi connectivity index (χ4v) is 6.41. The number of amides is 1. The summed E-state index contributed by atoms with van der Waals surface area (Å²) < 4.78 is 38.5. The van der Waals surface area contributed by atoms with Gasteiger partial charge in [-0.1, -0.05) is 0 Å². The van der Waals surface area contributed by atoms with Crippen molar-refractivity contribution in [1.82, 2.24) is 9.21 Å². The Balaban J connectivity index is 1.62. The Morgan fingerprint density at radius 2 is 1.65 bits per heavy atom. The summed E-state index contributed by atoms with van der Waals surface area (Å²) in [6.07, 6.45) is 2.19. The standard InChI is InChI=1S/C27H40N4O5S/c1-19-16-23(35-6)17-20(2)27(19)37(33,34)30(5)13-12-26(32)28-21-8-9-24(25(18-21)36-7)31-14-10-22(11-15-31)29(3)4/h8-9,16-18,22H,10-15H2,1-7H3,(H,28,32). The number of nitrogens with one attached hydrogen (secondary N) is 1. The maximum absolute atomic E-state index is 13.2. The Bertz CT molecular complexity index is 1180. The predicted octanol–water partition coefficient (Wildman–Crippen LogP) is 3.50. The van der Waals surface area contributed by atoms with E-state index in [1.54, 1.807) is 40.2 Å². The average Bonchev–Trinajstić information content (AvgIpc) is 2.86. The number of benzene rings is 2. The highest BCUT2D eigenvalue weighted by Gasteiger charge is 2.26. The van der Waals surface area contributed by atoms with E-state index in [4.69, 9.17) is 9.47 Å². The highest BCUT2D eigenvalue weighted by molar-refractivity contribution is 7.89. The van der Waals surface area contributed by atoms with Crippen molar-refractivity contribution in [2.24, 2.45) is 0 Å². The van der Waals surface area contributed by atoms with E-state index in [1.807, 2.05) is 18.2 Å². The molecule has 1 amide bonds. The molecule has 0 unspecified atom stereocenters. The van der Waals surface area contributed by atoms with Crippen molar-refractivity contribution in [2.75, 3.05) is 65.2 Å². The smallest absolute Gasteiger partial charge is 0.243 e. The highest BCUT2D eigenvalue weighted by Crippen LogP contribution is 2.33. The molecule has 0 atom stereocenters. The molecule has 0 saturated carbocycles. The van der Waals surface area contributed by atoms with Gasteiger partial charge in [0.15, 0.2) is 0 Å². The molecule has 9 nitrogen and oxygen atoms in total. The summed E-state index contributed by atoms with van der Waals surface area (Å²) in [5.74, 6) is 1.04. The molecule has 0 spiro atoms. The molecule has 1 aliphatic rings. The first-order valence-corrected chi connectivity index (χ1v) is 13.9. The van der Waals surface area contributed by atoms with Gasteiger partial charge in [0, 0.05) is 50.9 Å². The number of hydrogen-bond donors (Lipinski definition) is 1. The van der Waals surface area contributed by atoms with Crippen LogP contribution in [0.3, 0.4) is 0 Å². The number of sulfonamides is 1. The first kappa shape index (κ1) is 28.7. The summed E-state index contributed by atoms with van der Waals surface area (Å²) in [6, 6.07) is 9.62. The second-order valence-corrected chi connectivity index (χ2v) is 11.8. The van der Waals surface area contributed by atoms with Crippen LogP contribution in [-0.2, 0) is 14.8 Å². The Morgan fingerprint density at radius 3 is 2.19 bits per heavy atom. The average molecular weight is 533 g/mol. The lowest BCUT2D eigenvalue weighted by Crippen LogP contribution is -2.42. The third-order valence-corrected chi connectivity index (χ3v) is 9.15. The van der Waals surface area contributed by atoms with E-state index >= 15 is 0 Å². The number of carbonyl (C=O) groups excluding carboxylic acids is 1. The van der Waals surface area contributed by atoms with Crippen LogP contribution in [0, 0.1) is 13.8 Å².